The van der Waals surface area contributed by atoms with Gasteiger partial charge in [-0.2, -0.15) is 5.10 Å². The van der Waals surface area contributed by atoms with Crippen LogP contribution in [0.25, 0.3) is 0 Å². The Hall–Kier alpha value is -2.12. The molecule has 8 heteroatoms. The van der Waals surface area contributed by atoms with Crippen LogP contribution >= 0.6 is 0 Å². The van der Waals surface area contributed by atoms with Crippen LogP contribution in [0.15, 0.2) is 11.5 Å². The van der Waals surface area contributed by atoms with Gasteiger partial charge < -0.3 is 15.8 Å². The number of H-pyrrole nitrogens is 1. The van der Waals surface area contributed by atoms with Crippen LogP contribution in [0.1, 0.15) is 25.6 Å². The van der Waals surface area contributed by atoms with Gasteiger partial charge >= 0.3 is 0 Å². The summed E-state index contributed by atoms with van der Waals surface area (Å²) in [7, 11) is 1.64. The van der Waals surface area contributed by atoms with E-state index in [-0.39, 0.29) is 11.7 Å². The quantitative estimate of drug-likeness (QED) is 0.284. The first kappa shape index (κ1) is 13.9. The van der Waals surface area contributed by atoms with E-state index in [2.05, 4.69) is 20.3 Å². The molecule has 0 radical (unpaired) electrons. The van der Waals surface area contributed by atoms with Crippen LogP contribution in [0.5, 0.6) is 0 Å². The summed E-state index contributed by atoms with van der Waals surface area (Å²) >= 11 is 0. The van der Waals surface area contributed by atoms with E-state index in [1.165, 1.54) is 11.2 Å². The van der Waals surface area contributed by atoms with E-state index in [1.54, 1.807) is 7.05 Å². The average molecular weight is 254 g/mol. The molecule has 1 amide bonds. The van der Waals surface area contributed by atoms with Gasteiger partial charge in [-0.3, -0.25) is 9.89 Å². The molecule has 0 aromatic carbocycles. The summed E-state index contributed by atoms with van der Waals surface area (Å²) in [4.78, 5) is 17.6. The number of aromatic amines is 1. The Morgan fingerprint density at radius 3 is 2.94 bits per heavy atom. The van der Waals surface area contributed by atoms with Gasteiger partial charge in [0.2, 0.25) is 5.91 Å². The molecule has 0 aliphatic rings. The monoisotopic (exact) mass is 254 g/mol. The number of rotatable bonds is 6. The molecule has 0 aliphatic heterocycles. The highest BCUT2D eigenvalue weighted by Crippen LogP contribution is 2.11. The van der Waals surface area contributed by atoms with Gasteiger partial charge in [0.25, 0.3) is 0 Å². The third-order valence-electron chi connectivity index (χ3n) is 2.58. The predicted molar refractivity (Wildman–Crippen MR) is 64.7 cm³/mol. The molecule has 1 rings (SSSR count). The van der Waals surface area contributed by atoms with E-state index in [0.717, 1.165) is 6.42 Å². The molecule has 0 saturated carbocycles. The van der Waals surface area contributed by atoms with Gasteiger partial charge in [-0.15, -0.1) is 0 Å². The average Bonchev–Trinajstić information content (AvgIpc) is 2.87. The van der Waals surface area contributed by atoms with Crippen LogP contribution in [0.3, 0.4) is 0 Å². The lowest BCUT2D eigenvalue weighted by Crippen LogP contribution is -2.39. The highest BCUT2D eigenvalue weighted by atomic mass is 16.4. The van der Waals surface area contributed by atoms with Crippen LogP contribution in [0.2, 0.25) is 0 Å². The third kappa shape index (κ3) is 3.44. The fourth-order valence-electron chi connectivity index (χ4n) is 1.63. The molecule has 0 spiro atoms. The van der Waals surface area contributed by atoms with Crippen LogP contribution in [-0.4, -0.2) is 44.1 Å². The normalized spacial score (nSPS) is 13.3. The van der Waals surface area contributed by atoms with Crippen molar-refractivity contribution in [3.63, 3.8) is 0 Å². The van der Waals surface area contributed by atoms with E-state index in [4.69, 9.17) is 10.9 Å². The van der Waals surface area contributed by atoms with Crippen LogP contribution in [-0.2, 0) is 11.3 Å². The highest BCUT2D eigenvalue weighted by Gasteiger charge is 2.25. The number of aromatic nitrogens is 3. The Morgan fingerprint density at radius 1 is 1.72 bits per heavy atom. The second-order valence-corrected chi connectivity index (χ2v) is 3.99. The molecule has 1 aromatic heterocycles. The number of carbonyl (C=O) groups is 1. The van der Waals surface area contributed by atoms with Gasteiger partial charge in [-0.1, -0.05) is 18.5 Å². The summed E-state index contributed by atoms with van der Waals surface area (Å²) in [5.41, 5.74) is 5.53. The van der Waals surface area contributed by atoms with Crippen molar-refractivity contribution in [2.75, 3.05) is 7.05 Å². The van der Waals surface area contributed by atoms with Gasteiger partial charge in [0.05, 0.1) is 12.5 Å². The first-order valence-electron chi connectivity index (χ1n) is 5.66. The fourth-order valence-corrected chi connectivity index (χ4v) is 1.63. The predicted octanol–water partition coefficient (Wildman–Crippen LogP) is -0.0742. The molecule has 0 bridgehead atoms. The number of nitrogens with two attached hydrogens (primary N) is 1. The van der Waals surface area contributed by atoms with Crippen molar-refractivity contribution < 1.29 is 10.0 Å². The Balaban J connectivity index is 2.70. The summed E-state index contributed by atoms with van der Waals surface area (Å²) in [5.74, 6) is -0.289. The van der Waals surface area contributed by atoms with Gasteiger partial charge in [0, 0.05) is 7.05 Å². The van der Waals surface area contributed by atoms with Crippen molar-refractivity contribution >= 4 is 11.7 Å². The Kier molecular flexibility index (Phi) is 5.09. The summed E-state index contributed by atoms with van der Waals surface area (Å²) in [5, 5.41) is 18.0. The Bertz CT molecular complexity index is 403. The minimum absolute atomic E-state index is 0.0636. The number of nitrogens with one attached hydrogen (secondary N) is 1. The van der Waals surface area contributed by atoms with Gasteiger partial charge in [0.15, 0.2) is 5.84 Å². The van der Waals surface area contributed by atoms with Crippen molar-refractivity contribution in [1.82, 2.24) is 20.1 Å². The zero-order chi connectivity index (χ0) is 13.5. The SMILES string of the molecule is CCCC(C(=O)N(C)Cc1ncn[nH]1)C(N)=NO. The number of amidine groups is 1. The maximum atomic E-state index is 12.2. The van der Waals surface area contributed by atoms with Crippen LogP contribution in [0, 0.1) is 5.92 Å². The van der Waals surface area contributed by atoms with Gasteiger partial charge in [0.1, 0.15) is 12.2 Å². The lowest BCUT2D eigenvalue weighted by Gasteiger charge is -2.21. The van der Waals surface area contributed by atoms with Crippen LogP contribution < -0.4 is 5.73 Å². The molecular formula is C10H18N6O2. The fraction of sp³-hybridized carbons (Fsp3) is 0.600. The zero-order valence-electron chi connectivity index (χ0n) is 10.5. The van der Waals surface area contributed by atoms with Crippen molar-refractivity contribution in [1.29, 1.82) is 0 Å². The molecule has 8 nitrogen and oxygen atoms in total. The molecule has 1 aromatic rings. The molecule has 0 saturated heterocycles. The highest BCUT2D eigenvalue weighted by molar-refractivity contribution is 6.01. The van der Waals surface area contributed by atoms with Crippen LogP contribution in [0.4, 0.5) is 0 Å². The third-order valence-corrected chi connectivity index (χ3v) is 2.58. The van der Waals surface area contributed by atoms with Crippen molar-refractivity contribution in [2.24, 2.45) is 16.8 Å². The smallest absolute Gasteiger partial charge is 0.233 e. The van der Waals surface area contributed by atoms with Crippen molar-refractivity contribution in [2.45, 2.75) is 26.3 Å². The topological polar surface area (TPSA) is 120 Å². The maximum absolute atomic E-state index is 12.2. The minimum atomic E-state index is -0.604. The molecule has 1 unspecified atom stereocenters. The summed E-state index contributed by atoms with van der Waals surface area (Å²) in [6, 6.07) is 0. The number of oxime groups is 1. The number of nitrogens with zero attached hydrogens (tertiary/aromatic N) is 4. The second kappa shape index (κ2) is 6.58. The van der Waals surface area contributed by atoms with E-state index < -0.39 is 5.92 Å². The van der Waals surface area contributed by atoms with Gasteiger partial charge in [-0.05, 0) is 6.42 Å². The Labute approximate surface area is 105 Å². The molecule has 1 heterocycles. The minimum Gasteiger partial charge on any atom is -0.409 e. The summed E-state index contributed by atoms with van der Waals surface area (Å²) in [6.45, 7) is 2.24. The number of amides is 1. The number of carbonyl (C=O) groups excluding carboxylic acids is 1. The zero-order valence-corrected chi connectivity index (χ0v) is 10.5. The molecule has 0 fully saturated rings. The van der Waals surface area contributed by atoms with E-state index in [9.17, 15) is 4.79 Å². The second-order valence-electron chi connectivity index (χ2n) is 3.99. The molecule has 1 atom stereocenters. The van der Waals surface area contributed by atoms with Crippen molar-refractivity contribution in [3.05, 3.63) is 12.2 Å². The van der Waals surface area contributed by atoms with Gasteiger partial charge in [-0.25, -0.2) is 4.98 Å². The number of hydrogen-bond donors (Lipinski definition) is 3. The Morgan fingerprint density at radius 2 is 2.44 bits per heavy atom. The summed E-state index contributed by atoms with van der Waals surface area (Å²) < 4.78 is 0. The molecular weight excluding hydrogens is 236 g/mol. The van der Waals surface area contributed by atoms with E-state index >= 15 is 0 Å². The molecule has 4 N–H and O–H groups in total. The number of hydrogen-bond acceptors (Lipinski definition) is 5. The van der Waals surface area contributed by atoms with Crippen molar-refractivity contribution in [3.8, 4) is 0 Å². The summed E-state index contributed by atoms with van der Waals surface area (Å²) in [6.07, 6.45) is 2.68. The molecule has 18 heavy (non-hydrogen) atoms. The maximum Gasteiger partial charge on any atom is 0.233 e. The lowest BCUT2D eigenvalue weighted by atomic mass is 10.0. The van der Waals surface area contributed by atoms with E-state index in [1.807, 2.05) is 6.92 Å². The first-order chi connectivity index (χ1) is 8.60. The standard InChI is InChI=1S/C10H18N6O2/c1-3-4-7(9(11)15-18)10(17)16(2)5-8-12-6-13-14-8/h6-7,18H,3-5H2,1-2H3,(H2,11,15)(H,12,13,14). The lowest BCUT2D eigenvalue weighted by molar-refractivity contribution is -0.132. The molecule has 0 aliphatic carbocycles. The van der Waals surface area contributed by atoms with E-state index in [0.29, 0.717) is 18.8 Å². The first-order valence-corrected chi connectivity index (χ1v) is 5.66. The largest absolute Gasteiger partial charge is 0.409 e. The molecule has 100 valence electrons.